The summed E-state index contributed by atoms with van der Waals surface area (Å²) in [5, 5.41) is 3.50. The van der Waals surface area contributed by atoms with E-state index in [1.807, 2.05) is 0 Å². The minimum absolute atomic E-state index is 0.728. The smallest absolute Gasteiger partial charge is 0.00487 e. The molecule has 1 fully saturated rings. The highest BCUT2D eigenvalue weighted by Gasteiger charge is 2.15. The lowest BCUT2D eigenvalue weighted by Gasteiger charge is -2.20. The molecule has 0 amide bonds. The highest BCUT2D eigenvalue weighted by atomic mass is 14.8. The Morgan fingerprint density at radius 3 is 2.62 bits per heavy atom. The minimum atomic E-state index is 0.728. The molecule has 92 valence electrons. The molecule has 1 rings (SSSR count). The van der Waals surface area contributed by atoms with Gasteiger partial charge in [-0.15, -0.1) is 0 Å². The summed E-state index contributed by atoms with van der Waals surface area (Å²) in [6, 6.07) is 0. The summed E-state index contributed by atoms with van der Waals surface area (Å²) >= 11 is 0. The number of hydrogen-bond acceptors (Lipinski definition) is 1. The molecule has 1 aliphatic rings. The van der Waals surface area contributed by atoms with Gasteiger partial charge in [-0.1, -0.05) is 26.0 Å². The number of nitrogens with one attached hydrogen (secondary N) is 1. The summed E-state index contributed by atoms with van der Waals surface area (Å²) in [5.41, 5.74) is 2.88. The Morgan fingerprint density at radius 2 is 1.94 bits per heavy atom. The standard InChI is InChI=1S/C15H27N/c1-4-14(5-2)13(3)15-9-6-7-11-16-12-8-10-15/h4,15-16H,3,5-12H2,1-2H3/b14-4+. The lowest BCUT2D eigenvalue weighted by Crippen LogP contribution is -2.15. The van der Waals surface area contributed by atoms with Gasteiger partial charge in [-0.25, -0.2) is 0 Å². The molecule has 1 heterocycles. The fourth-order valence-corrected chi connectivity index (χ4v) is 2.61. The molecule has 1 atom stereocenters. The van der Waals surface area contributed by atoms with Gasteiger partial charge in [0.05, 0.1) is 0 Å². The Morgan fingerprint density at radius 1 is 1.25 bits per heavy atom. The van der Waals surface area contributed by atoms with E-state index >= 15 is 0 Å². The molecule has 0 aliphatic carbocycles. The van der Waals surface area contributed by atoms with Crippen molar-refractivity contribution in [3.63, 3.8) is 0 Å². The van der Waals surface area contributed by atoms with Crippen molar-refractivity contribution in [2.45, 2.75) is 52.4 Å². The first-order valence-corrected chi connectivity index (χ1v) is 6.84. The first-order chi connectivity index (χ1) is 7.79. The van der Waals surface area contributed by atoms with E-state index in [1.54, 1.807) is 0 Å². The molecule has 0 aromatic heterocycles. The highest BCUT2D eigenvalue weighted by Crippen LogP contribution is 2.29. The van der Waals surface area contributed by atoms with Crippen LogP contribution in [0, 0.1) is 5.92 Å². The first-order valence-electron chi connectivity index (χ1n) is 6.84. The second-order valence-electron chi connectivity index (χ2n) is 4.78. The lowest BCUT2D eigenvalue weighted by atomic mass is 9.85. The van der Waals surface area contributed by atoms with E-state index in [4.69, 9.17) is 0 Å². The van der Waals surface area contributed by atoms with Crippen LogP contribution in [0.1, 0.15) is 52.4 Å². The molecule has 16 heavy (non-hydrogen) atoms. The van der Waals surface area contributed by atoms with E-state index in [0.717, 1.165) is 12.3 Å². The predicted octanol–water partition coefficient (Wildman–Crippen LogP) is 4.07. The van der Waals surface area contributed by atoms with Gasteiger partial charge < -0.3 is 5.32 Å². The molecule has 1 nitrogen and oxygen atoms in total. The number of hydrogen-bond donors (Lipinski definition) is 1. The average Bonchev–Trinajstić information content (AvgIpc) is 2.43. The van der Waals surface area contributed by atoms with Crippen LogP contribution in [-0.4, -0.2) is 13.1 Å². The third kappa shape index (κ3) is 4.13. The van der Waals surface area contributed by atoms with Gasteiger partial charge in [0, 0.05) is 0 Å². The predicted molar refractivity (Wildman–Crippen MR) is 72.6 cm³/mol. The van der Waals surface area contributed by atoms with Gasteiger partial charge in [0.2, 0.25) is 0 Å². The molecular formula is C15H27N. The van der Waals surface area contributed by atoms with E-state index in [0.29, 0.717) is 0 Å². The maximum Gasteiger partial charge on any atom is -0.00487 e. The number of allylic oxidation sites excluding steroid dienone is 3. The van der Waals surface area contributed by atoms with Crippen molar-refractivity contribution in [1.82, 2.24) is 5.32 Å². The van der Waals surface area contributed by atoms with Crippen LogP contribution in [0.5, 0.6) is 0 Å². The molecule has 0 aromatic carbocycles. The van der Waals surface area contributed by atoms with Gasteiger partial charge in [-0.05, 0) is 69.2 Å². The summed E-state index contributed by atoms with van der Waals surface area (Å²) in [7, 11) is 0. The molecule has 0 aromatic rings. The Balaban J connectivity index is 2.57. The molecule has 0 spiro atoms. The van der Waals surface area contributed by atoms with Crippen molar-refractivity contribution in [1.29, 1.82) is 0 Å². The summed E-state index contributed by atoms with van der Waals surface area (Å²) in [5.74, 6) is 0.728. The lowest BCUT2D eigenvalue weighted by molar-refractivity contribution is 0.496. The van der Waals surface area contributed by atoms with Gasteiger partial charge in [0.1, 0.15) is 0 Å². The van der Waals surface area contributed by atoms with Crippen LogP contribution in [0.25, 0.3) is 0 Å². The average molecular weight is 221 g/mol. The van der Waals surface area contributed by atoms with Gasteiger partial charge in [-0.2, -0.15) is 0 Å². The Bertz CT molecular complexity index is 230. The largest absolute Gasteiger partial charge is 0.317 e. The number of rotatable bonds is 3. The van der Waals surface area contributed by atoms with Crippen molar-refractivity contribution < 1.29 is 0 Å². The second kappa shape index (κ2) is 7.67. The van der Waals surface area contributed by atoms with Gasteiger partial charge in [0.15, 0.2) is 0 Å². The van der Waals surface area contributed by atoms with E-state index in [2.05, 4.69) is 31.8 Å². The summed E-state index contributed by atoms with van der Waals surface area (Å²) in [4.78, 5) is 0. The zero-order valence-corrected chi connectivity index (χ0v) is 11.0. The van der Waals surface area contributed by atoms with Gasteiger partial charge in [0.25, 0.3) is 0 Å². The fourth-order valence-electron chi connectivity index (χ4n) is 2.61. The molecule has 1 N–H and O–H groups in total. The quantitative estimate of drug-likeness (QED) is 0.708. The van der Waals surface area contributed by atoms with E-state index in [1.165, 1.54) is 56.3 Å². The minimum Gasteiger partial charge on any atom is -0.317 e. The Kier molecular flexibility index (Phi) is 6.47. The molecule has 1 heteroatoms. The normalized spacial score (nSPS) is 24.4. The summed E-state index contributed by atoms with van der Waals surface area (Å²) < 4.78 is 0. The van der Waals surface area contributed by atoms with Crippen molar-refractivity contribution >= 4 is 0 Å². The fraction of sp³-hybridized carbons (Fsp3) is 0.733. The Hall–Kier alpha value is -0.560. The molecule has 0 radical (unpaired) electrons. The molecule has 0 bridgehead atoms. The maximum atomic E-state index is 4.33. The van der Waals surface area contributed by atoms with Crippen molar-refractivity contribution in [3.05, 3.63) is 23.8 Å². The van der Waals surface area contributed by atoms with Crippen molar-refractivity contribution in [3.8, 4) is 0 Å². The Labute approximate surface area is 101 Å². The second-order valence-corrected chi connectivity index (χ2v) is 4.78. The van der Waals surface area contributed by atoms with Crippen LogP contribution in [-0.2, 0) is 0 Å². The monoisotopic (exact) mass is 221 g/mol. The van der Waals surface area contributed by atoms with Crippen LogP contribution < -0.4 is 5.32 Å². The highest BCUT2D eigenvalue weighted by molar-refractivity contribution is 5.29. The zero-order valence-electron chi connectivity index (χ0n) is 11.0. The van der Waals surface area contributed by atoms with Gasteiger partial charge in [-0.3, -0.25) is 0 Å². The topological polar surface area (TPSA) is 12.0 Å². The van der Waals surface area contributed by atoms with Crippen LogP contribution in [0.4, 0.5) is 0 Å². The van der Waals surface area contributed by atoms with E-state index < -0.39 is 0 Å². The van der Waals surface area contributed by atoms with Crippen LogP contribution in [0.15, 0.2) is 23.8 Å². The van der Waals surface area contributed by atoms with Gasteiger partial charge >= 0.3 is 0 Å². The molecule has 1 saturated heterocycles. The third-order valence-electron chi connectivity index (χ3n) is 3.70. The van der Waals surface area contributed by atoms with E-state index in [9.17, 15) is 0 Å². The zero-order chi connectivity index (χ0) is 11.8. The molecule has 1 unspecified atom stereocenters. The van der Waals surface area contributed by atoms with Crippen molar-refractivity contribution in [2.24, 2.45) is 5.92 Å². The molecular weight excluding hydrogens is 194 g/mol. The van der Waals surface area contributed by atoms with E-state index in [-0.39, 0.29) is 0 Å². The van der Waals surface area contributed by atoms with Crippen molar-refractivity contribution in [2.75, 3.05) is 13.1 Å². The first kappa shape index (κ1) is 13.5. The van der Waals surface area contributed by atoms with Crippen LogP contribution in [0.2, 0.25) is 0 Å². The SMILES string of the molecule is C=C(/C(=C/C)CC)C1CCCCNCCC1. The molecule has 1 aliphatic heterocycles. The maximum absolute atomic E-state index is 4.33. The van der Waals surface area contributed by atoms with Crippen LogP contribution >= 0.6 is 0 Å². The summed E-state index contributed by atoms with van der Waals surface area (Å²) in [6.07, 6.45) is 9.97. The van der Waals surface area contributed by atoms with Crippen LogP contribution in [0.3, 0.4) is 0 Å². The third-order valence-corrected chi connectivity index (χ3v) is 3.70. The summed E-state index contributed by atoms with van der Waals surface area (Å²) in [6.45, 7) is 11.1. The molecule has 0 saturated carbocycles.